The Kier molecular flexibility index (Phi) is 4.15. The Bertz CT molecular complexity index is 528. The van der Waals surface area contributed by atoms with E-state index in [1.807, 2.05) is 17.8 Å². The van der Waals surface area contributed by atoms with Crippen LogP contribution in [0.4, 0.5) is 0 Å². The van der Waals surface area contributed by atoms with Gasteiger partial charge in [-0.15, -0.1) is 6.58 Å². The van der Waals surface area contributed by atoms with Crippen molar-refractivity contribution in [3.05, 3.63) is 42.6 Å². The molecule has 0 bridgehead atoms. The van der Waals surface area contributed by atoms with Gasteiger partial charge in [0, 0.05) is 12.4 Å². The summed E-state index contributed by atoms with van der Waals surface area (Å²) in [4.78, 5) is 0. The molecule has 1 N–H and O–H groups in total. The van der Waals surface area contributed by atoms with Gasteiger partial charge in [0.05, 0.1) is 17.3 Å². The lowest BCUT2D eigenvalue weighted by molar-refractivity contribution is 0.521. The van der Waals surface area contributed by atoms with E-state index in [0.717, 1.165) is 25.1 Å². The van der Waals surface area contributed by atoms with Gasteiger partial charge in [-0.05, 0) is 25.5 Å². The van der Waals surface area contributed by atoms with E-state index >= 15 is 0 Å². The van der Waals surface area contributed by atoms with Gasteiger partial charge in [0.25, 0.3) is 0 Å². The molecule has 0 fully saturated rings. The molecule has 1 aromatic heterocycles. The molecule has 0 saturated heterocycles. The number of fused-ring (bicyclic) bond motifs is 1. The fourth-order valence-corrected chi connectivity index (χ4v) is 2.28. The molecule has 1 atom stereocenters. The van der Waals surface area contributed by atoms with Gasteiger partial charge in [-0.1, -0.05) is 31.2 Å². The Morgan fingerprint density at radius 2 is 2.22 bits per heavy atom. The summed E-state index contributed by atoms with van der Waals surface area (Å²) >= 11 is 0. The summed E-state index contributed by atoms with van der Waals surface area (Å²) in [5.41, 5.74) is 2.31. The van der Waals surface area contributed by atoms with Crippen LogP contribution in [0.1, 0.15) is 31.5 Å². The van der Waals surface area contributed by atoms with Crippen LogP contribution in [0, 0.1) is 0 Å². The molecule has 1 heterocycles. The van der Waals surface area contributed by atoms with E-state index in [1.165, 1.54) is 10.9 Å². The lowest BCUT2D eigenvalue weighted by Crippen LogP contribution is -2.22. The van der Waals surface area contributed by atoms with Crippen LogP contribution in [0.2, 0.25) is 0 Å². The number of hydrogen-bond donors (Lipinski definition) is 1. The van der Waals surface area contributed by atoms with Gasteiger partial charge >= 0.3 is 0 Å². The molecule has 0 spiro atoms. The normalized spacial score (nSPS) is 12.8. The summed E-state index contributed by atoms with van der Waals surface area (Å²) in [7, 11) is 2.00. The van der Waals surface area contributed by atoms with Crippen LogP contribution in [0.3, 0.4) is 0 Å². The predicted molar refractivity (Wildman–Crippen MR) is 76.6 cm³/mol. The van der Waals surface area contributed by atoms with E-state index in [2.05, 4.69) is 48.2 Å². The Balaban J connectivity index is 2.40. The van der Waals surface area contributed by atoms with Gasteiger partial charge in [-0.25, -0.2) is 0 Å². The first-order valence-corrected chi connectivity index (χ1v) is 6.53. The number of rotatable bonds is 6. The minimum Gasteiger partial charge on any atom is -0.308 e. The molecule has 1 unspecified atom stereocenters. The van der Waals surface area contributed by atoms with E-state index < -0.39 is 0 Å². The van der Waals surface area contributed by atoms with Crippen molar-refractivity contribution in [1.29, 1.82) is 0 Å². The molecule has 2 aromatic rings. The first kappa shape index (κ1) is 12.8. The number of hydrogen-bond acceptors (Lipinski definition) is 2. The molecule has 0 aliphatic rings. The lowest BCUT2D eigenvalue weighted by Gasteiger charge is -2.14. The van der Waals surface area contributed by atoms with Crippen molar-refractivity contribution in [3.8, 4) is 0 Å². The highest BCUT2D eigenvalue weighted by molar-refractivity contribution is 5.82. The Hall–Kier alpha value is -1.61. The average Bonchev–Trinajstić information content (AvgIpc) is 2.73. The van der Waals surface area contributed by atoms with Crippen LogP contribution in [0.25, 0.3) is 10.9 Å². The summed E-state index contributed by atoms with van der Waals surface area (Å²) < 4.78 is 1.95. The van der Waals surface area contributed by atoms with Crippen molar-refractivity contribution in [2.45, 2.75) is 25.8 Å². The number of nitrogens with one attached hydrogen (secondary N) is 1. The first-order chi connectivity index (χ1) is 8.77. The predicted octanol–water partition coefficient (Wildman–Crippen LogP) is 3.19. The van der Waals surface area contributed by atoms with Gasteiger partial charge in [0.15, 0.2) is 0 Å². The quantitative estimate of drug-likeness (QED) is 0.790. The van der Waals surface area contributed by atoms with Crippen LogP contribution in [-0.4, -0.2) is 16.3 Å². The van der Waals surface area contributed by atoms with Crippen LogP contribution in [-0.2, 0) is 7.05 Å². The van der Waals surface area contributed by atoms with E-state index in [4.69, 9.17) is 0 Å². The van der Waals surface area contributed by atoms with Gasteiger partial charge < -0.3 is 5.32 Å². The van der Waals surface area contributed by atoms with Gasteiger partial charge in [-0.2, -0.15) is 5.10 Å². The minimum atomic E-state index is 0.258. The summed E-state index contributed by atoms with van der Waals surface area (Å²) in [6, 6.07) is 8.63. The molecule has 18 heavy (non-hydrogen) atoms. The minimum absolute atomic E-state index is 0.258. The topological polar surface area (TPSA) is 29.9 Å². The molecule has 2 rings (SSSR count). The zero-order valence-electron chi connectivity index (χ0n) is 11.2. The van der Waals surface area contributed by atoms with E-state index in [9.17, 15) is 0 Å². The SMILES string of the molecule is C=CCC(NCCC)c1nn(C)c2ccccc12. The lowest BCUT2D eigenvalue weighted by atomic mass is 10.1. The molecular formula is C15H21N3. The molecule has 3 heteroatoms. The summed E-state index contributed by atoms with van der Waals surface area (Å²) in [6.07, 6.45) is 3.98. The van der Waals surface area contributed by atoms with Crippen molar-refractivity contribution in [2.24, 2.45) is 7.05 Å². The fourth-order valence-electron chi connectivity index (χ4n) is 2.28. The monoisotopic (exact) mass is 243 g/mol. The molecule has 0 saturated carbocycles. The van der Waals surface area contributed by atoms with Crippen molar-refractivity contribution >= 4 is 10.9 Å². The van der Waals surface area contributed by atoms with Crippen molar-refractivity contribution in [2.75, 3.05) is 6.54 Å². The zero-order valence-corrected chi connectivity index (χ0v) is 11.2. The fraction of sp³-hybridized carbons (Fsp3) is 0.400. The molecule has 0 aliphatic carbocycles. The van der Waals surface area contributed by atoms with Crippen LogP contribution in [0.15, 0.2) is 36.9 Å². The number of aromatic nitrogens is 2. The third kappa shape index (κ3) is 2.46. The molecule has 3 nitrogen and oxygen atoms in total. The summed E-state index contributed by atoms with van der Waals surface area (Å²) in [5, 5.41) is 9.44. The largest absolute Gasteiger partial charge is 0.308 e. The number of para-hydroxylation sites is 1. The van der Waals surface area contributed by atoms with Gasteiger partial charge in [0.2, 0.25) is 0 Å². The highest BCUT2D eigenvalue weighted by atomic mass is 15.3. The number of nitrogens with zero attached hydrogens (tertiary/aromatic N) is 2. The molecule has 1 aromatic carbocycles. The highest BCUT2D eigenvalue weighted by Gasteiger charge is 2.16. The smallest absolute Gasteiger partial charge is 0.0875 e. The van der Waals surface area contributed by atoms with Gasteiger partial charge in [-0.3, -0.25) is 4.68 Å². The molecule has 96 valence electrons. The van der Waals surface area contributed by atoms with Gasteiger partial charge in [0.1, 0.15) is 0 Å². The average molecular weight is 243 g/mol. The van der Waals surface area contributed by atoms with Crippen molar-refractivity contribution in [3.63, 3.8) is 0 Å². The second kappa shape index (κ2) is 5.83. The maximum absolute atomic E-state index is 4.67. The Morgan fingerprint density at radius 3 is 2.94 bits per heavy atom. The standard InChI is InChI=1S/C15H21N3/c1-4-8-13(16-11-5-2)15-12-9-6-7-10-14(12)18(3)17-15/h4,6-7,9-10,13,16H,1,5,8,11H2,2-3H3. The maximum Gasteiger partial charge on any atom is 0.0875 e. The van der Waals surface area contributed by atoms with Crippen LogP contribution >= 0.6 is 0 Å². The van der Waals surface area contributed by atoms with Crippen molar-refractivity contribution in [1.82, 2.24) is 15.1 Å². The Labute approximate surface area is 109 Å². The third-order valence-electron chi connectivity index (χ3n) is 3.16. The van der Waals surface area contributed by atoms with Crippen LogP contribution < -0.4 is 5.32 Å². The van der Waals surface area contributed by atoms with Crippen LogP contribution in [0.5, 0.6) is 0 Å². The second-order valence-corrected chi connectivity index (χ2v) is 4.56. The highest BCUT2D eigenvalue weighted by Crippen LogP contribution is 2.25. The molecular weight excluding hydrogens is 222 g/mol. The summed E-state index contributed by atoms with van der Waals surface area (Å²) in [6.45, 7) is 7.02. The van der Waals surface area contributed by atoms with E-state index in [0.29, 0.717) is 0 Å². The maximum atomic E-state index is 4.67. The molecule has 0 aliphatic heterocycles. The second-order valence-electron chi connectivity index (χ2n) is 4.56. The first-order valence-electron chi connectivity index (χ1n) is 6.53. The van der Waals surface area contributed by atoms with E-state index in [-0.39, 0.29) is 6.04 Å². The summed E-state index contributed by atoms with van der Waals surface area (Å²) in [5.74, 6) is 0. The third-order valence-corrected chi connectivity index (χ3v) is 3.16. The number of aryl methyl sites for hydroxylation is 1. The van der Waals surface area contributed by atoms with E-state index in [1.54, 1.807) is 0 Å². The van der Waals surface area contributed by atoms with Crippen molar-refractivity contribution < 1.29 is 0 Å². The molecule has 0 radical (unpaired) electrons. The number of benzene rings is 1. The molecule has 0 amide bonds. The zero-order chi connectivity index (χ0) is 13.0. The Morgan fingerprint density at radius 1 is 1.44 bits per heavy atom.